The van der Waals surface area contributed by atoms with Crippen LogP contribution in [0.15, 0.2) is 121 Å². The van der Waals surface area contributed by atoms with E-state index in [2.05, 4.69) is 121 Å². The third-order valence-electron chi connectivity index (χ3n) is 4.85. The van der Waals surface area contributed by atoms with Crippen LogP contribution in [0.3, 0.4) is 0 Å². The zero-order valence-corrected chi connectivity index (χ0v) is 18.7. The summed E-state index contributed by atoms with van der Waals surface area (Å²) in [6.07, 6.45) is 0. The van der Waals surface area contributed by atoms with Crippen LogP contribution in [-0.4, -0.2) is 20.8 Å². The summed E-state index contributed by atoms with van der Waals surface area (Å²) in [6.45, 7) is 0. The molecule has 0 heterocycles. The average molecular weight is 484 g/mol. The van der Waals surface area contributed by atoms with E-state index in [-0.39, 0.29) is 0 Å². The van der Waals surface area contributed by atoms with E-state index in [0.717, 1.165) is 5.21 Å². The van der Waals surface area contributed by atoms with Crippen LogP contribution in [0.25, 0.3) is 0 Å². The van der Waals surface area contributed by atoms with E-state index >= 15 is 0 Å². The summed E-state index contributed by atoms with van der Waals surface area (Å²) < 4.78 is 43.5. The second-order valence-corrected chi connectivity index (χ2v) is 14.3. The maximum absolute atomic E-state index is 9.75. The first-order valence-corrected chi connectivity index (χ1v) is 14.0. The van der Waals surface area contributed by atoms with Crippen LogP contribution in [-0.2, 0) is 5.21 Å². The first-order valence-electron chi connectivity index (χ1n) is 9.86. The predicted octanol–water partition coefficient (Wildman–Crippen LogP) is 5.24. The standard InChI is InChI=1S/C25H22As.BF4/c1-5-13-22(14-6-1)21-26(23-15-7-2-8-16-23,24-17-9-3-10-18-24)25-19-11-4-12-20-25;2-1(3,4)5/h1-20H,21H2;/q+1;-1. The van der Waals surface area contributed by atoms with Crippen LogP contribution >= 0.6 is 0 Å². The van der Waals surface area contributed by atoms with E-state index in [1.807, 2.05) is 0 Å². The Morgan fingerprint density at radius 3 is 1.00 bits per heavy atom. The molecular weight excluding hydrogens is 462 g/mol. The molecule has 4 rings (SSSR count). The molecule has 0 N–H and O–H groups in total. The van der Waals surface area contributed by atoms with Gasteiger partial charge in [-0.1, -0.05) is 0 Å². The number of hydrogen-bond donors (Lipinski definition) is 0. The summed E-state index contributed by atoms with van der Waals surface area (Å²) in [5, 5.41) is 1.09. The average Bonchev–Trinajstić information content (AvgIpc) is 2.79. The van der Waals surface area contributed by atoms with E-state index in [1.165, 1.54) is 18.6 Å². The number of halogens is 4. The topological polar surface area (TPSA) is 0 Å². The van der Waals surface area contributed by atoms with Crippen LogP contribution in [0, 0.1) is 0 Å². The molecule has 0 aliphatic rings. The second kappa shape index (κ2) is 10.5. The fourth-order valence-corrected chi connectivity index (χ4v) is 12.5. The molecule has 6 heteroatoms. The van der Waals surface area contributed by atoms with Crippen LogP contribution in [0.2, 0.25) is 0 Å². The summed E-state index contributed by atoms with van der Waals surface area (Å²) in [6, 6.07) is 44.4. The van der Waals surface area contributed by atoms with Gasteiger partial charge in [0.2, 0.25) is 0 Å². The molecule has 0 saturated carbocycles. The van der Waals surface area contributed by atoms with Gasteiger partial charge < -0.3 is 17.3 Å². The molecule has 0 aromatic heterocycles. The molecule has 0 aliphatic carbocycles. The van der Waals surface area contributed by atoms with Gasteiger partial charge >= 0.3 is 166 Å². The molecule has 0 atom stereocenters. The fourth-order valence-electron chi connectivity index (χ4n) is 3.63. The maximum atomic E-state index is 9.75. The van der Waals surface area contributed by atoms with Crippen molar-refractivity contribution in [2.24, 2.45) is 0 Å². The molecular formula is C25H22AsBF4. The van der Waals surface area contributed by atoms with Gasteiger partial charge in [-0.2, -0.15) is 0 Å². The second-order valence-electron chi connectivity index (χ2n) is 6.95. The van der Waals surface area contributed by atoms with E-state index in [4.69, 9.17) is 0 Å². The van der Waals surface area contributed by atoms with Crippen molar-refractivity contribution in [3.8, 4) is 0 Å². The zero-order chi connectivity index (χ0) is 22.2. The van der Waals surface area contributed by atoms with Crippen molar-refractivity contribution >= 4 is 33.9 Å². The summed E-state index contributed by atoms with van der Waals surface area (Å²) in [5.41, 5.74) is 1.41. The molecule has 0 amide bonds. The van der Waals surface area contributed by atoms with Gasteiger partial charge in [0.25, 0.3) is 0 Å². The van der Waals surface area contributed by atoms with Crippen LogP contribution in [0.4, 0.5) is 17.3 Å². The fraction of sp³-hybridized carbons (Fsp3) is 0.0400. The molecule has 0 saturated heterocycles. The third-order valence-corrected chi connectivity index (χ3v) is 14.0. The van der Waals surface area contributed by atoms with Crippen molar-refractivity contribution in [2.45, 2.75) is 5.21 Å². The van der Waals surface area contributed by atoms with Crippen LogP contribution in [0.1, 0.15) is 5.56 Å². The van der Waals surface area contributed by atoms with Gasteiger partial charge in [0.05, 0.1) is 0 Å². The van der Waals surface area contributed by atoms with Gasteiger partial charge in [-0.15, -0.1) is 0 Å². The monoisotopic (exact) mass is 484 g/mol. The van der Waals surface area contributed by atoms with Crippen molar-refractivity contribution in [1.29, 1.82) is 0 Å². The van der Waals surface area contributed by atoms with Gasteiger partial charge in [-0.05, 0) is 0 Å². The van der Waals surface area contributed by atoms with Gasteiger partial charge in [0.1, 0.15) is 0 Å². The van der Waals surface area contributed by atoms with Gasteiger partial charge in [-0.25, -0.2) is 0 Å². The minimum absolute atomic E-state index is 1.09. The van der Waals surface area contributed by atoms with Gasteiger partial charge in [-0.3, -0.25) is 0 Å². The molecule has 0 spiro atoms. The Morgan fingerprint density at radius 1 is 0.452 bits per heavy atom. The number of benzene rings is 4. The van der Waals surface area contributed by atoms with Crippen molar-refractivity contribution in [3.05, 3.63) is 127 Å². The van der Waals surface area contributed by atoms with Crippen molar-refractivity contribution in [3.63, 3.8) is 0 Å². The molecule has 0 fully saturated rings. The molecule has 31 heavy (non-hydrogen) atoms. The predicted molar refractivity (Wildman–Crippen MR) is 124 cm³/mol. The first-order chi connectivity index (χ1) is 14.9. The minimum atomic E-state index is -6.00. The Balaban J connectivity index is 0.000000491. The molecule has 158 valence electrons. The van der Waals surface area contributed by atoms with E-state index in [0.29, 0.717) is 0 Å². The SMILES string of the molecule is F[B-](F)(F)F.c1ccc(C[As+](c2ccccc2)(c2ccccc2)c2ccccc2)cc1. The molecule has 0 nitrogen and oxygen atoms in total. The third kappa shape index (κ3) is 6.35. The van der Waals surface area contributed by atoms with E-state index < -0.39 is 20.8 Å². The first kappa shape index (κ1) is 22.9. The van der Waals surface area contributed by atoms with Crippen molar-refractivity contribution in [2.75, 3.05) is 0 Å². The molecule has 4 aromatic rings. The number of rotatable bonds is 5. The van der Waals surface area contributed by atoms with E-state index in [9.17, 15) is 17.3 Å². The Bertz CT molecular complexity index is 938. The summed E-state index contributed by atoms with van der Waals surface area (Å²) in [4.78, 5) is 0. The Morgan fingerprint density at radius 2 is 0.710 bits per heavy atom. The normalized spacial score (nSPS) is 11.4. The molecule has 0 unspecified atom stereocenters. The van der Waals surface area contributed by atoms with Crippen LogP contribution < -0.4 is 13.1 Å². The molecule has 0 aliphatic heterocycles. The van der Waals surface area contributed by atoms with E-state index in [1.54, 1.807) is 0 Å². The van der Waals surface area contributed by atoms with Crippen molar-refractivity contribution < 1.29 is 17.3 Å². The van der Waals surface area contributed by atoms with Crippen LogP contribution in [0.5, 0.6) is 0 Å². The summed E-state index contributed by atoms with van der Waals surface area (Å²) in [5.74, 6) is 0. The van der Waals surface area contributed by atoms with Gasteiger partial charge in [0, 0.05) is 0 Å². The molecule has 0 radical (unpaired) electrons. The van der Waals surface area contributed by atoms with Gasteiger partial charge in [0.15, 0.2) is 0 Å². The summed E-state index contributed by atoms with van der Waals surface area (Å²) in [7, 11) is -6.00. The quantitative estimate of drug-likeness (QED) is 0.269. The number of hydrogen-bond acceptors (Lipinski definition) is 0. The summed E-state index contributed by atoms with van der Waals surface area (Å²) >= 11 is -2.63. The zero-order valence-electron chi connectivity index (χ0n) is 16.8. The Labute approximate surface area is 183 Å². The van der Waals surface area contributed by atoms with Crippen molar-refractivity contribution in [1.82, 2.24) is 0 Å². The Hall–Kier alpha value is -2.78. The Kier molecular flexibility index (Phi) is 7.76. The molecule has 0 bridgehead atoms. The molecule has 4 aromatic carbocycles.